The number of aryl methyl sites for hydroxylation is 1. The number of amides is 1. The second-order valence-corrected chi connectivity index (χ2v) is 6.60. The first-order valence-corrected chi connectivity index (χ1v) is 8.55. The van der Waals surface area contributed by atoms with Crippen molar-refractivity contribution in [3.63, 3.8) is 0 Å². The van der Waals surface area contributed by atoms with E-state index in [0.717, 1.165) is 5.69 Å². The summed E-state index contributed by atoms with van der Waals surface area (Å²) in [5.74, 6) is 0.319. The predicted octanol–water partition coefficient (Wildman–Crippen LogP) is 1.37. The summed E-state index contributed by atoms with van der Waals surface area (Å²) in [6.07, 6.45) is 0.769. The van der Waals surface area contributed by atoms with Gasteiger partial charge >= 0.3 is 0 Å². The molecule has 7 heteroatoms. The number of nitrogens with one attached hydrogen (secondary N) is 1. The van der Waals surface area contributed by atoms with Crippen molar-refractivity contribution < 1.29 is 9.53 Å². The summed E-state index contributed by atoms with van der Waals surface area (Å²) in [7, 11) is 0. The Labute approximate surface area is 134 Å². The number of aromatic amines is 1. The third-order valence-corrected chi connectivity index (χ3v) is 4.52. The first kappa shape index (κ1) is 17.0. The highest BCUT2D eigenvalue weighted by Crippen LogP contribution is 2.16. The highest BCUT2D eigenvalue weighted by atomic mass is 32.2. The number of hydrogen-bond acceptors (Lipinski definition) is 5. The van der Waals surface area contributed by atoms with Gasteiger partial charge in [-0.25, -0.2) is 4.98 Å². The van der Waals surface area contributed by atoms with Crippen molar-refractivity contribution in [3.8, 4) is 0 Å². The molecule has 0 radical (unpaired) electrons. The van der Waals surface area contributed by atoms with Crippen LogP contribution in [0.4, 0.5) is 0 Å². The second kappa shape index (κ2) is 7.28. The number of nitrogens with zero attached hydrogens (tertiary/aromatic N) is 2. The fourth-order valence-electron chi connectivity index (χ4n) is 2.67. The Hall–Kier alpha value is -1.34. The van der Waals surface area contributed by atoms with E-state index in [-0.39, 0.29) is 29.4 Å². The monoisotopic (exact) mass is 325 g/mol. The van der Waals surface area contributed by atoms with Crippen LogP contribution in [0.1, 0.15) is 32.0 Å². The van der Waals surface area contributed by atoms with Gasteiger partial charge in [0, 0.05) is 24.3 Å². The van der Waals surface area contributed by atoms with E-state index in [0.29, 0.717) is 30.2 Å². The highest BCUT2D eigenvalue weighted by molar-refractivity contribution is 7.99. The largest absolute Gasteiger partial charge is 0.372 e. The molecule has 2 atom stereocenters. The minimum Gasteiger partial charge on any atom is -0.372 e. The van der Waals surface area contributed by atoms with Gasteiger partial charge in [0.15, 0.2) is 5.16 Å². The summed E-state index contributed by atoms with van der Waals surface area (Å²) >= 11 is 1.27. The van der Waals surface area contributed by atoms with Crippen LogP contribution in [-0.2, 0) is 16.0 Å². The Morgan fingerprint density at radius 2 is 2.05 bits per heavy atom. The molecule has 1 aromatic rings. The number of carbonyl (C=O) groups is 1. The van der Waals surface area contributed by atoms with E-state index in [4.69, 9.17) is 4.74 Å². The zero-order valence-corrected chi connectivity index (χ0v) is 14.3. The predicted molar refractivity (Wildman–Crippen MR) is 86.3 cm³/mol. The van der Waals surface area contributed by atoms with Crippen LogP contribution in [0.3, 0.4) is 0 Å². The van der Waals surface area contributed by atoms with Crippen LogP contribution in [-0.4, -0.2) is 51.8 Å². The number of aromatic nitrogens is 2. The molecular formula is C15H23N3O3S. The number of rotatable bonds is 4. The average Bonchev–Trinajstić information content (AvgIpc) is 2.43. The minimum absolute atomic E-state index is 0.0480. The van der Waals surface area contributed by atoms with Crippen LogP contribution in [0.15, 0.2) is 9.95 Å². The minimum atomic E-state index is -0.112. The van der Waals surface area contributed by atoms with Crippen LogP contribution >= 0.6 is 11.8 Å². The van der Waals surface area contributed by atoms with E-state index in [9.17, 15) is 9.59 Å². The first-order valence-electron chi connectivity index (χ1n) is 7.56. The van der Waals surface area contributed by atoms with Crippen LogP contribution < -0.4 is 5.56 Å². The van der Waals surface area contributed by atoms with Gasteiger partial charge in [0.2, 0.25) is 5.91 Å². The number of thioether (sulfide) groups is 1. The molecule has 122 valence electrons. The summed E-state index contributed by atoms with van der Waals surface area (Å²) < 4.78 is 5.63. The van der Waals surface area contributed by atoms with Crippen LogP contribution in [0, 0.1) is 6.92 Å². The van der Waals surface area contributed by atoms with Gasteiger partial charge in [0.1, 0.15) is 0 Å². The maximum absolute atomic E-state index is 12.3. The summed E-state index contributed by atoms with van der Waals surface area (Å²) in [5.41, 5.74) is 1.32. The fourth-order valence-corrected chi connectivity index (χ4v) is 3.48. The summed E-state index contributed by atoms with van der Waals surface area (Å²) in [5, 5.41) is 0.502. The van der Waals surface area contributed by atoms with Gasteiger partial charge in [-0.1, -0.05) is 18.7 Å². The summed E-state index contributed by atoms with van der Waals surface area (Å²) in [6, 6.07) is 0. The van der Waals surface area contributed by atoms with E-state index in [1.54, 1.807) is 0 Å². The maximum Gasteiger partial charge on any atom is 0.254 e. The lowest BCUT2D eigenvalue weighted by Gasteiger charge is -2.35. The Morgan fingerprint density at radius 3 is 2.59 bits per heavy atom. The van der Waals surface area contributed by atoms with Gasteiger partial charge in [-0.2, -0.15) is 0 Å². The van der Waals surface area contributed by atoms with Crippen LogP contribution in [0.25, 0.3) is 0 Å². The Balaban J connectivity index is 1.98. The molecule has 0 aromatic carbocycles. The summed E-state index contributed by atoms with van der Waals surface area (Å²) in [6.45, 7) is 8.91. The van der Waals surface area contributed by atoms with Crippen molar-refractivity contribution in [2.24, 2.45) is 0 Å². The topological polar surface area (TPSA) is 75.3 Å². The molecule has 1 aromatic heterocycles. The Bertz CT molecular complexity index is 592. The van der Waals surface area contributed by atoms with Gasteiger partial charge in [0.05, 0.1) is 18.0 Å². The molecule has 0 saturated carbocycles. The number of carbonyl (C=O) groups excluding carboxylic acids is 1. The first-order chi connectivity index (χ1) is 10.4. The third-order valence-electron chi connectivity index (χ3n) is 3.66. The Morgan fingerprint density at radius 1 is 1.41 bits per heavy atom. The normalized spacial score (nSPS) is 21.9. The molecule has 2 rings (SSSR count). The molecular weight excluding hydrogens is 302 g/mol. The highest BCUT2D eigenvalue weighted by Gasteiger charge is 2.25. The molecule has 1 N–H and O–H groups in total. The van der Waals surface area contributed by atoms with E-state index in [1.807, 2.05) is 32.6 Å². The number of hydrogen-bond donors (Lipinski definition) is 1. The SMILES string of the molecule is CCc1c(C)nc(SCC(=O)N2C[C@H](C)O[C@@H](C)C2)[nH]c1=O. The Kier molecular flexibility index (Phi) is 5.63. The molecule has 6 nitrogen and oxygen atoms in total. The van der Waals surface area contributed by atoms with Gasteiger partial charge in [-0.3, -0.25) is 9.59 Å². The number of H-pyrrole nitrogens is 1. The van der Waals surface area contributed by atoms with Gasteiger partial charge in [0.25, 0.3) is 5.56 Å². The lowest BCUT2D eigenvalue weighted by Crippen LogP contribution is -2.48. The van der Waals surface area contributed by atoms with Crippen molar-refractivity contribution in [2.45, 2.75) is 51.5 Å². The quantitative estimate of drug-likeness (QED) is 0.668. The van der Waals surface area contributed by atoms with Crippen LogP contribution in [0.2, 0.25) is 0 Å². The zero-order chi connectivity index (χ0) is 16.3. The van der Waals surface area contributed by atoms with Gasteiger partial charge in [-0.05, 0) is 27.2 Å². The van der Waals surface area contributed by atoms with Crippen molar-refractivity contribution in [1.29, 1.82) is 0 Å². The van der Waals surface area contributed by atoms with Crippen molar-refractivity contribution in [3.05, 3.63) is 21.6 Å². The second-order valence-electron chi connectivity index (χ2n) is 5.63. The molecule has 0 aliphatic carbocycles. The van der Waals surface area contributed by atoms with Gasteiger partial charge < -0.3 is 14.6 Å². The van der Waals surface area contributed by atoms with Gasteiger partial charge in [-0.15, -0.1) is 0 Å². The molecule has 1 aliphatic heterocycles. The van der Waals surface area contributed by atoms with Crippen molar-refractivity contribution in [1.82, 2.24) is 14.9 Å². The number of ether oxygens (including phenoxy) is 1. The molecule has 1 fully saturated rings. The standard InChI is InChI=1S/C15H23N3O3S/c1-5-12-11(4)16-15(17-14(12)20)22-8-13(19)18-6-9(2)21-10(3)7-18/h9-10H,5-8H2,1-4H3,(H,16,17,20)/t9-,10-/m0/s1. The van der Waals surface area contributed by atoms with Crippen molar-refractivity contribution in [2.75, 3.05) is 18.8 Å². The molecule has 22 heavy (non-hydrogen) atoms. The van der Waals surface area contributed by atoms with E-state index >= 15 is 0 Å². The fraction of sp³-hybridized carbons (Fsp3) is 0.667. The molecule has 1 aliphatic rings. The molecule has 0 spiro atoms. The number of morpholine rings is 1. The maximum atomic E-state index is 12.3. The lowest BCUT2D eigenvalue weighted by molar-refractivity contribution is -0.140. The van der Waals surface area contributed by atoms with E-state index < -0.39 is 0 Å². The van der Waals surface area contributed by atoms with Crippen LogP contribution in [0.5, 0.6) is 0 Å². The van der Waals surface area contributed by atoms with E-state index in [1.165, 1.54) is 11.8 Å². The van der Waals surface area contributed by atoms with Crippen molar-refractivity contribution >= 4 is 17.7 Å². The molecule has 1 saturated heterocycles. The zero-order valence-electron chi connectivity index (χ0n) is 13.5. The summed E-state index contributed by atoms with van der Waals surface area (Å²) in [4.78, 5) is 33.1. The van der Waals surface area contributed by atoms with E-state index in [2.05, 4.69) is 9.97 Å². The smallest absolute Gasteiger partial charge is 0.254 e. The molecule has 1 amide bonds. The third kappa shape index (κ3) is 4.10. The average molecular weight is 325 g/mol. The molecule has 0 bridgehead atoms. The lowest BCUT2D eigenvalue weighted by atomic mass is 10.2. The molecule has 2 heterocycles. The molecule has 0 unspecified atom stereocenters.